The van der Waals surface area contributed by atoms with Crippen LogP contribution in [0.25, 0.3) is 0 Å². The van der Waals surface area contributed by atoms with Crippen molar-refractivity contribution in [2.45, 2.75) is 50.7 Å². The van der Waals surface area contributed by atoms with Gasteiger partial charge in [-0.15, -0.1) is 0 Å². The van der Waals surface area contributed by atoms with Crippen LogP contribution >= 0.6 is 0 Å². The third-order valence-corrected chi connectivity index (χ3v) is 4.75. The molecule has 2 aromatic rings. The first-order chi connectivity index (χ1) is 13.2. The van der Waals surface area contributed by atoms with Crippen LogP contribution in [0, 0.1) is 0 Å². The summed E-state index contributed by atoms with van der Waals surface area (Å²) in [6, 6.07) is 9.82. The van der Waals surface area contributed by atoms with E-state index in [-0.39, 0.29) is 12.2 Å². The quantitative estimate of drug-likeness (QED) is 0.693. The molecule has 7 nitrogen and oxygen atoms in total. The second-order valence-electron chi connectivity index (χ2n) is 6.84. The average Bonchev–Trinajstić information content (AvgIpc) is 3.12. The van der Waals surface area contributed by atoms with Crippen molar-refractivity contribution in [1.29, 1.82) is 0 Å². The van der Waals surface area contributed by atoms with E-state index in [1.807, 2.05) is 30.3 Å². The summed E-state index contributed by atoms with van der Waals surface area (Å²) in [4.78, 5) is 0. The predicted octanol–water partition coefficient (Wildman–Crippen LogP) is 2.07. The fourth-order valence-electron chi connectivity index (χ4n) is 3.28. The maximum absolute atomic E-state index is 10.3. The van der Waals surface area contributed by atoms with Crippen molar-refractivity contribution in [3.63, 3.8) is 0 Å². The lowest BCUT2D eigenvalue weighted by Crippen LogP contribution is -2.45. The minimum absolute atomic E-state index is 0.0293. The Labute approximate surface area is 159 Å². The van der Waals surface area contributed by atoms with E-state index >= 15 is 0 Å². The lowest BCUT2D eigenvalue weighted by atomic mass is 9.98. The third kappa shape index (κ3) is 5.77. The zero-order chi connectivity index (χ0) is 19.1. The van der Waals surface area contributed by atoms with Crippen LogP contribution in [-0.4, -0.2) is 49.3 Å². The van der Waals surface area contributed by atoms with E-state index in [0.717, 1.165) is 29.8 Å². The summed E-state index contributed by atoms with van der Waals surface area (Å²) in [5.41, 5.74) is 2.01. The van der Waals surface area contributed by atoms with E-state index in [1.54, 1.807) is 14.2 Å². The van der Waals surface area contributed by atoms with Crippen molar-refractivity contribution in [2.24, 2.45) is 0 Å². The number of rotatable bonds is 9. The molecule has 0 spiro atoms. The molecule has 1 aliphatic rings. The number of hydrogen-bond donors (Lipinski definition) is 2. The van der Waals surface area contributed by atoms with E-state index < -0.39 is 6.10 Å². The van der Waals surface area contributed by atoms with Crippen molar-refractivity contribution in [3.8, 4) is 5.75 Å². The van der Waals surface area contributed by atoms with E-state index in [0.29, 0.717) is 31.9 Å². The number of nitrogens with zero attached hydrogens (tertiary/aromatic N) is 1. The van der Waals surface area contributed by atoms with Gasteiger partial charge in [0.15, 0.2) is 5.76 Å². The molecule has 0 aliphatic carbocycles. The monoisotopic (exact) mass is 376 g/mol. The Bertz CT molecular complexity index is 688. The Morgan fingerprint density at radius 1 is 1.22 bits per heavy atom. The smallest absolute Gasteiger partial charge is 0.162 e. The molecular weight excluding hydrogens is 348 g/mol. The highest BCUT2D eigenvalue weighted by molar-refractivity contribution is 5.27. The van der Waals surface area contributed by atoms with Gasteiger partial charge in [0.25, 0.3) is 0 Å². The van der Waals surface area contributed by atoms with Crippen molar-refractivity contribution in [2.75, 3.05) is 20.8 Å². The number of ether oxygens (including phenoxy) is 3. The SMILES string of the molecule is COCc1cc(CC2CCC(O)C(CNCc3ccc(OC)cc3)O2)no1. The normalized spacial score (nSPS) is 22.7. The van der Waals surface area contributed by atoms with Crippen molar-refractivity contribution < 1.29 is 23.8 Å². The van der Waals surface area contributed by atoms with Crippen LogP contribution in [0.2, 0.25) is 0 Å². The van der Waals surface area contributed by atoms with E-state index in [2.05, 4.69) is 10.5 Å². The first-order valence-corrected chi connectivity index (χ1v) is 9.28. The minimum atomic E-state index is -0.453. The summed E-state index contributed by atoms with van der Waals surface area (Å²) < 4.78 is 21.5. The molecule has 3 unspecified atom stereocenters. The van der Waals surface area contributed by atoms with E-state index in [9.17, 15) is 5.11 Å². The summed E-state index contributed by atoms with van der Waals surface area (Å²) in [6.07, 6.45) is 1.56. The number of aliphatic hydroxyl groups excluding tert-OH is 1. The Morgan fingerprint density at radius 2 is 2.04 bits per heavy atom. The van der Waals surface area contributed by atoms with Gasteiger partial charge in [-0.3, -0.25) is 0 Å². The highest BCUT2D eigenvalue weighted by Crippen LogP contribution is 2.22. The van der Waals surface area contributed by atoms with Gasteiger partial charge in [-0.25, -0.2) is 0 Å². The number of aromatic nitrogens is 1. The molecule has 7 heteroatoms. The molecule has 1 saturated heterocycles. The third-order valence-electron chi connectivity index (χ3n) is 4.75. The standard InChI is InChI=1S/C20H28N2O5/c1-24-13-18-10-15(22-27-18)9-17-7-8-19(23)20(26-17)12-21-11-14-3-5-16(25-2)6-4-14/h3-6,10,17,19-21,23H,7-9,11-13H2,1-2H3. The Hall–Kier alpha value is -1.93. The molecule has 0 amide bonds. The van der Waals surface area contributed by atoms with Crippen molar-refractivity contribution >= 4 is 0 Å². The molecular formula is C20H28N2O5. The maximum Gasteiger partial charge on any atom is 0.162 e. The van der Waals surface area contributed by atoms with Gasteiger partial charge < -0.3 is 29.2 Å². The highest BCUT2D eigenvalue weighted by Gasteiger charge is 2.30. The molecule has 27 heavy (non-hydrogen) atoms. The van der Waals surface area contributed by atoms with Crippen LogP contribution in [0.4, 0.5) is 0 Å². The van der Waals surface area contributed by atoms with E-state index in [1.165, 1.54) is 0 Å². The molecule has 0 saturated carbocycles. The van der Waals surface area contributed by atoms with Crippen LogP contribution in [0.1, 0.15) is 29.9 Å². The number of nitrogens with one attached hydrogen (secondary N) is 1. The molecule has 2 heterocycles. The Kier molecular flexibility index (Phi) is 7.23. The molecule has 3 rings (SSSR count). The molecule has 2 N–H and O–H groups in total. The number of benzene rings is 1. The average molecular weight is 376 g/mol. The summed E-state index contributed by atoms with van der Waals surface area (Å²) in [5.74, 6) is 1.55. The van der Waals surface area contributed by atoms with Crippen molar-refractivity contribution in [3.05, 3.63) is 47.3 Å². The largest absolute Gasteiger partial charge is 0.497 e. The molecule has 3 atom stereocenters. The molecule has 1 aliphatic heterocycles. The maximum atomic E-state index is 10.3. The summed E-state index contributed by atoms with van der Waals surface area (Å²) in [5, 5.41) is 17.7. The number of methoxy groups -OCH3 is 2. The fourth-order valence-corrected chi connectivity index (χ4v) is 3.28. The van der Waals surface area contributed by atoms with Crippen LogP contribution in [0.15, 0.2) is 34.9 Å². The number of aliphatic hydroxyl groups is 1. The van der Waals surface area contributed by atoms with Gasteiger partial charge in [0, 0.05) is 32.7 Å². The van der Waals surface area contributed by atoms with Gasteiger partial charge >= 0.3 is 0 Å². The lowest BCUT2D eigenvalue weighted by Gasteiger charge is -2.34. The van der Waals surface area contributed by atoms with Crippen LogP contribution in [0.3, 0.4) is 0 Å². The first-order valence-electron chi connectivity index (χ1n) is 9.28. The minimum Gasteiger partial charge on any atom is -0.497 e. The molecule has 1 aromatic carbocycles. The Balaban J connectivity index is 1.46. The topological polar surface area (TPSA) is 86.0 Å². The molecule has 1 aromatic heterocycles. The molecule has 1 fully saturated rings. The molecule has 148 valence electrons. The van der Waals surface area contributed by atoms with Gasteiger partial charge in [-0.2, -0.15) is 0 Å². The predicted molar refractivity (Wildman–Crippen MR) is 99.5 cm³/mol. The number of hydrogen-bond acceptors (Lipinski definition) is 7. The fraction of sp³-hybridized carbons (Fsp3) is 0.550. The molecule has 0 bridgehead atoms. The zero-order valence-electron chi connectivity index (χ0n) is 15.9. The van der Waals surface area contributed by atoms with Crippen LogP contribution < -0.4 is 10.1 Å². The van der Waals surface area contributed by atoms with Gasteiger partial charge in [0.1, 0.15) is 12.4 Å². The lowest BCUT2D eigenvalue weighted by molar-refractivity contribution is -0.115. The van der Waals surface area contributed by atoms with E-state index in [4.69, 9.17) is 18.7 Å². The van der Waals surface area contributed by atoms with Gasteiger partial charge in [-0.1, -0.05) is 17.3 Å². The zero-order valence-corrected chi connectivity index (χ0v) is 15.9. The van der Waals surface area contributed by atoms with Crippen LogP contribution in [-0.2, 0) is 29.0 Å². The van der Waals surface area contributed by atoms with Gasteiger partial charge in [0.05, 0.1) is 31.1 Å². The van der Waals surface area contributed by atoms with Gasteiger partial charge in [0.2, 0.25) is 0 Å². The summed E-state index contributed by atoms with van der Waals surface area (Å²) in [6.45, 7) is 1.72. The highest BCUT2D eigenvalue weighted by atomic mass is 16.5. The molecule has 0 radical (unpaired) electrons. The summed E-state index contributed by atoms with van der Waals surface area (Å²) in [7, 11) is 3.28. The van der Waals surface area contributed by atoms with Crippen molar-refractivity contribution in [1.82, 2.24) is 10.5 Å². The first kappa shape index (κ1) is 19.8. The second kappa shape index (κ2) is 9.85. The Morgan fingerprint density at radius 3 is 2.78 bits per heavy atom. The summed E-state index contributed by atoms with van der Waals surface area (Å²) >= 11 is 0. The van der Waals surface area contributed by atoms with Crippen LogP contribution in [0.5, 0.6) is 5.75 Å². The van der Waals surface area contributed by atoms with Gasteiger partial charge in [-0.05, 0) is 30.5 Å². The second-order valence-corrected chi connectivity index (χ2v) is 6.84.